The molecule has 7 heteroatoms. The van der Waals surface area contributed by atoms with Crippen molar-refractivity contribution in [3.05, 3.63) is 54.1 Å². The summed E-state index contributed by atoms with van der Waals surface area (Å²) in [4.78, 5) is 27.0. The molecule has 0 spiro atoms. The van der Waals surface area contributed by atoms with Gasteiger partial charge in [0.05, 0.1) is 18.5 Å². The molecule has 7 nitrogen and oxygen atoms in total. The van der Waals surface area contributed by atoms with E-state index in [1.165, 1.54) is 7.11 Å². The molecule has 0 fully saturated rings. The van der Waals surface area contributed by atoms with Crippen molar-refractivity contribution in [1.29, 1.82) is 0 Å². The molecule has 0 aliphatic carbocycles. The minimum absolute atomic E-state index is 0.161. The first kappa shape index (κ1) is 18.7. The van der Waals surface area contributed by atoms with Gasteiger partial charge in [0.2, 0.25) is 0 Å². The van der Waals surface area contributed by atoms with Crippen LogP contribution in [0.4, 0.5) is 16.2 Å². The Morgan fingerprint density at radius 2 is 2.04 bits per heavy atom. The van der Waals surface area contributed by atoms with E-state index in [2.05, 4.69) is 10.6 Å². The molecule has 1 aliphatic rings. The van der Waals surface area contributed by atoms with E-state index in [1.54, 1.807) is 48.5 Å². The van der Waals surface area contributed by atoms with Crippen LogP contribution < -0.4 is 20.3 Å². The van der Waals surface area contributed by atoms with Crippen LogP contribution in [0.3, 0.4) is 0 Å². The summed E-state index contributed by atoms with van der Waals surface area (Å²) in [5.74, 6) is -0.161. The van der Waals surface area contributed by atoms with Crippen LogP contribution in [0.2, 0.25) is 0 Å². The molecule has 0 aromatic heterocycles. The number of fused-ring (bicyclic) bond motifs is 1. The molecule has 3 amide bonds. The van der Waals surface area contributed by atoms with Crippen LogP contribution in [-0.2, 0) is 10.5 Å². The number of aliphatic hydroxyl groups is 1. The quantitative estimate of drug-likeness (QED) is 0.756. The Labute approximate surface area is 157 Å². The number of nitrogens with one attached hydrogen (secondary N) is 2. The highest BCUT2D eigenvalue weighted by molar-refractivity contribution is 6.11. The highest BCUT2D eigenvalue weighted by Crippen LogP contribution is 2.40. The number of amides is 3. The number of ether oxygens (including phenoxy) is 1. The average molecular weight is 369 g/mol. The van der Waals surface area contributed by atoms with Crippen molar-refractivity contribution in [1.82, 2.24) is 5.32 Å². The lowest BCUT2D eigenvalue weighted by atomic mass is 9.94. The summed E-state index contributed by atoms with van der Waals surface area (Å²) in [6.07, 6.45) is 0.689. The van der Waals surface area contributed by atoms with Crippen LogP contribution >= 0.6 is 0 Å². The second-order valence-electron chi connectivity index (χ2n) is 6.47. The van der Waals surface area contributed by atoms with Crippen molar-refractivity contribution in [2.45, 2.75) is 32.0 Å². The lowest BCUT2D eigenvalue weighted by molar-refractivity contribution is -0.140. The molecule has 2 aromatic carbocycles. The number of benzene rings is 2. The molecule has 0 saturated carbocycles. The van der Waals surface area contributed by atoms with Gasteiger partial charge >= 0.3 is 6.03 Å². The van der Waals surface area contributed by atoms with Gasteiger partial charge in [-0.2, -0.15) is 0 Å². The number of anilines is 2. The first-order valence-corrected chi connectivity index (χ1v) is 8.80. The molecule has 3 N–H and O–H groups in total. The van der Waals surface area contributed by atoms with Crippen molar-refractivity contribution < 1.29 is 19.4 Å². The monoisotopic (exact) mass is 369 g/mol. The lowest BCUT2D eigenvalue weighted by Crippen LogP contribution is -2.63. The minimum atomic E-state index is -2.20. The molecule has 27 heavy (non-hydrogen) atoms. The number of hydrogen-bond acceptors (Lipinski definition) is 4. The number of carbonyl (C=O) groups excluding carboxylic acids is 2. The van der Waals surface area contributed by atoms with E-state index in [0.717, 1.165) is 4.90 Å². The Bertz CT molecular complexity index is 870. The van der Waals surface area contributed by atoms with E-state index in [4.69, 9.17) is 4.74 Å². The zero-order valence-corrected chi connectivity index (χ0v) is 15.5. The predicted octanol–water partition coefficient (Wildman–Crippen LogP) is 2.81. The number of urea groups is 1. The second-order valence-corrected chi connectivity index (χ2v) is 6.47. The summed E-state index contributed by atoms with van der Waals surface area (Å²) < 4.78 is 5.22. The maximum Gasteiger partial charge on any atom is 0.329 e. The zero-order chi connectivity index (χ0) is 19.6. The summed E-state index contributed by atoms with van der Waals surface area (Å²) in [6.45, 7) is 3.77. The van der Waals surface area contributed by atoms with E-state index in [-0.39, 0.29) is 6.04 Å². The molecule has 0 saturated heterocycles. The number of methoxy groups -OCH3 is 1. The van der Waals surface area contributed by atoms with Gasteiger partial charge in [0.1, 0.15) is 5.75 Å². The molecule has 2 aromatic rings. The largest absolute Gasteiger partial charge is 0.497 e. The topological polar surface area (TPSA) is 90.9 Å². The number of para-hydroxylation sites is 1. The molecule has 2 atom stereocenters. The molecule has 0 bridgehead atoms. The maximum absolute atomic E-state index is 13.1. The smallest absolute Gasteiger partial charge is 0.329 e. The number of carbonyl (C=O) groups is 2. The first-order valence-electron chi connectivity index (χ1n) is 8.80. The Hall–Kier alpha value is -3.06. The van der Waals surface area contributed by atoms with Crippen LogP contribution in [-0.4, -0.2) is 30.2 Å². The van der Waals surface area contributed by atoms with Gasteiger partial charge in [0.15, 0.2) is 0 Å². The standard InChI is InChI=1S/C20H23N3O4/c1-4-13(2)21-18(24)20(26)16-10-5-6-11-17(16)22-19(25)23(20)14-8-7-9-15(12-14)27-3/h5-13,26H,4H2,1-3H3,(H,21,24)(H,22,25). The van der Waals surface area contributed by atoms with E-state index in [1.807, 2.05) is 13.8 Å². The fourth-order valence-electron chi connectivity index (χ4n) is 3.04. The van der Waals surface area contributed by atoms with Crippen LogP contribution in [0.1, 0.15) is 25.8 Å². The van der Waals surface area contributed by atoms with E-state index >= 15 is 0 Å². The van der Waals surface area contributed by atoms with E-state index in [9.17, 15) is 14.7 Å². The first-order chi connectivity index (χ1) is 12.9. The third-order valence-corrected chi connectivity index (χ3v) is 4.69. The minimum Gasteiger partial charge on any atom is -0.497 e. The van der Waals surface area contributed by atoms with Crippen LogP contribution in [0.15, 0.2) is 48.5 Å². The van der Waals surface area contributed by atoms with Gasteiger partial charge in [-0.05, 0) is 31.5 Å². The maximum atomic E-state index is 13.1. The molecular formula is C20H23N3O4. The second kappa shape index (κ2) is 7.28. The summed E-state index contributed by atoms with van der Waals surface area (Å²) in [7, 11) is 1.51. The number of hydrogen-bond donors (Lipinski definition) is 3. The Morgan fingerprint density at radius 3 is 2.74 bits per heavy atom. The average Bonchev–Trinajstić information content (AvgIpc) is 2.67. The predicted molar refractivity (Wildman–Crippen MR) is 103 cm³/mol. The van der Waals surface area contributed by atoms with Crippen molar-refractivity contribution in [2.75, 3.05) is 17.3 Å². The zero-order valence-electron chi connectivity index (χ0n) is 15.5. The SMILES string of the molecule is CCC(C)NC(=O)C1(O)c2ccccc2NC(=O)N1c1cccc(OC)c1. The highest BCUT2D eigenvalue weighted by Gasteiger charge is 2.52. The third-order valence-electron chi connectivity index (χ3n) is 4.69. The van der Waals surface area contributed by atoms with Crippen molar-refractivity contribution in [2.24, 2.45) is 0 Å². The van der Waals surface area contributed by atoms with Gasteiger partial charge in [0.25, 0.3) is 11.6 Å². The lowest BCUT2D eigenvalue weighted by Gasteiger charge is -2.43. The van der Waals surface area contributed by atoms with Crippen LogP contribution in [0, 0.1) is 0 Å². The normalized spacial score (nSPS) is 19.7. The highest BCUT2D eigenvalue weighted by atomic mass is 16.5. The van der Waals surface area contributed by atoms with Crippen molar-refractivity contribution in [3.63, 3.8) is 0 Å². The van der Waals surface area contributed by atoms with Crippen LogP contribution in [0.5, 0.6) is 5.75 Å². The van der Waals surface area contributed by atoms with E-state index in [0.29, 0.717) is 29.1 Å². The van der Waals surface area contributed by atoms with Gasteiger partial charge in [0, 0.05) is 17.7 Å². The molecule has 2 unspecified atom stereocenters. The van der Waals surface area contributed by atoms with Crippen molar-refractivity contribution in [3.8, 4) is 5.75 Å². The molecular weight excluding hydrogens is 346 g/mol. The van der Waals surface area contributed by atoms with Gasteiger partial charge in [-0.1, -0.05) is 31.2 Å². The molecule has 1 aliphatic heterocycles. The fourth-order valence-corrected chi connectivity index (χ4v) is 3.04. The number of nitrogens with zero attached hydrogens (tertiary/aromatic N) is 1. The molecule has 3 rings (SSSR count). The van der Waals surface area contributed by atoms with Gasteiger partial charge in [-0.3, -0.25) is 9.69 Å². The van der Waals surface area contributed by atoms with Crippen molar-refractivity contribution >= 4 is 23.3 Å². The Balaban J connectivity index is 2.17. The Kier molecular flexibility index (Phi) is 5.05. The summed E-state index contributed by atoms with van der Waals surface area (Å²) >= 11 is 0. The summed E-state index contributed by atoms with van der Waals surface area (Å²) in [5, 5.41) is 17.1. The van der Waals surface area contributed by atoms with Gasteiger partial charge < -0.3 is 20.5 Å². The fraction of sp³-hybridized carbons (Fsp3) is 0.300. The van der Waals surface area contributed by atoms with Gasteiger partial charge in [-0.25, -0.2) is 4.79 Å². The van der Waals surface area contributed by atoms with Crippen LogP contribution in [0.25, 0.3) is 0 Å². The van der Waals surface area contributed by atoms with Gasteiger partial charge in [-0.15, -0.1) is 0 Å². The summed E-state index contributed by atoms with van der Waals surface area (Å²) in [5.41, 5.74) is -1.17. The van der Waals surface area contributed by atoms with E-state index < -0.39 is 17.7 Å². The molecule has 1 heterocycles. The molecule has 0 radical (unpaired) electrons. The summed E-state index contributed by atoms with van der Waals surface area (Å²) in [6, 6.07) is 12.6. The number of rotatable bonds is 5. The third kappa shape index (κ3) is 3.21. The molecule has 142 valence electrons. The Morgan fingerprint density at radius 1 is 1.30 bits per heavy atom.